The van der Waals surface area contributed by atoms with Crippen LogP contribution < -0.4 is 10.6 Å². The van der Waals surface area contributed by atoms with E-state index in [0.29, 0.717) is 16.9 Å². The number of hydrogen-bond acceptors (Lipinski definition) is 5. The van der Waals surface area contributed by atoms with Crippen LogP contribution in [0.5, 0.6) is 0 Å². The van der Waals surface area contributed by atoms with Gasteiger partial charge in [0.15, 0.2) is 5.13 Å². The Hall–Kier alpha value is -1.99. The van der Waals surface area contributed by atoms with Gasteiger partial charge in [-0.2, -0.15) is 0 Å². The predicted octanol–water partition coefficient (Wildman–Crippen LogP) is 3.50. The zero-order valence-electron chi connectivity index (χ0n) is 12.8. The maximum Gasteiger partial charge on any atom is 0.221 e. The van der Waals surface area contributed by atoms with Crippen LogP contribution in [0.25, 0.3) is 11.3 Å². The number of amides is 1. The average Bonchev–Trinajstić information content (AvgIpc) is 3.16. The summed E-state index contributed by atoms with van der Waals surface area (Å²) < 4.78 is 19.7. The largest absolute Gasteiger partial charge is 0.376 e. The first-order valence-corrected chi connectivity index (χ1v) is 8.38. The van der Waals surface area contributed by atoms with Crippen molar-refractivity contribution in [2.24, 2.45) is 0 Å². The molecule has 0 radical (unpaired) electrons. The maximum atomic E-state index is 14.2. The number of hydrogen-bond donors (Lipinski definition) is 2. The highest BCUT2D eigenvalue weighted by Crippen LogP contribution is 2.29. The molecule has 122 valence electrons. The molecule has 7 heteroatoms. The molecule has 23 heavy (non-hydrogen) atoms. The Morgan fingerprint density at radius 2 is 2.39 bits per heavy atom. The van der Waals surface area contributed by atoms with Crippen LogP contribution in [0.1, 0.15) is 19.8 Å². The summed E-state index contributed by atoms with van der Waals surface area (Å²) in [4.78, 5) is 15.4. The molecule has 5 nitrogen and oxygen atoms in total. The fourth-order valence-corrected chi connectivity index (χ4v) is 3.21. The topological polar surface area (TPSA) is 63.2 Å². The Morgan fingerprint density at radius 3 is 3.09 bits per heavy atom. The van der Waals surface area contributed by atoms with Crippen molar-refractivity contribution in [1.29, 1.82) is 0 Å². The number of anilines is 2. The van der Waals surface area contributed by atoms with Crippen LogP contribution >= 0.6 is 11.3 Å². The van der Waals surface area contributed by atoms with E-state index in [0.717, 1.165) is 31.1 Å². The van der Waals surface area contributed by atoms with Crippen LogP contribution in [0.2, 0.25) is 0 Å². The number of carbonyl (C=O) groups is 1. The third kappa shape index (κ3) is 4.05. The summed E-state index contributed by atoms with van der Waals surface area (Å²) in [5.41, 5.74) is 1.43. The summed E-state index contributed by atoms with van der Waals surface area (Å²) in [5.74, 6) is -0.640. The predicted molar refractivity (Wildman–Crippen MR) is 89.3 cm³/mol. The van der Waals surface area contributed by atoms with E-state index < -0.39 is 5.82 Å². The van der Waals surface area contributed by atoms with E-state index in [9.17, 15) is 9.18 Å². The third-order valence-corrected chi connectivity index (χ3v) is 4.37. The minimum absolute atomic E-state index is 0.230. The van der Waals surface area contributed by atoms with E-state index in [1.54, 1.807) is 12.1 Å². The highest BCUT2D eigenvalue weighted by molar-refractivity contribution is 7.14. The molecule has 1 fully saturated rings. The lowest BCUT2D eigenvalue weighted by Crippen LogP contribution is -2.18. The molecule has 0 saturated carbocycles. The minimum atomic E-state index is -0.410. The van der Waals surface area contributed by atoms with Gasteiger partial charge >= 0.3 is 0 Å². The molecule has 1 aromatic carbocycles. The van der Waals surface area contributed by atoms with Gasteiger partial charge in [-0.15, -0.1) is 11.3 Å². The second-order valence-electron chi connectivity index (χ2n) is 5.43. The van der Waals surface area contributed by atoms with Crippen LogP contribution in [-0.4, -0.2) is 30.1 Å². The summed E-state index contributed by atoms with van der Waals surface area (Å²) in [6.07, 6.45) is 2.39. The zero-order valence-corrected chi connectivity index (χ0v) is 13.6. The molecule has 1 amide bonds. The number of benzene rings is 1. The van der Waals surface area contributed by atoms with Crippen molar-refractivity contribution >= 4 is 28.1 Å². The maximum absolute atomic E-state index is 14.2. The van der Waals surface area contributed by atoms with Crippen molar-refractivity contribution < 1.29 is 13.9 Å². The van der Waals surface area contributed by atoms with Gasteiger partial charge in [0.2, 0.25) is 5.91 Å². The first-order chi connectivity index (χ1) is 11.1. The first-order valence-electron chi connectivity index (χ1n) is 7.50. The fourth-order valence-electron chi connectivity index (χ4n) is 2.49. The van der Waals surface area contributed by atoms with E-state index >= 15 is 0 Å². The monoisotopic (exact) mass is 335 g/mol. The van der Waals surface area contributed by atoms with E-state index in [4.69, 9.17) is 4.74 Å². The molecule has 1 aromatic heterocycles. The van der Waals surface area contributed by atoms with Gasteiger partial charge < -0.3 is 15.4 Å². The smallest absolute Gasteiger partial charge is 0.221 e. The number of thiazole rings is 1. The van der Waals surface area contributed by atoms with E-state index in [1.807, 2.05) is 5.38 Å². The van der Waals surface area contributed by atoms with Crippen molar-refractivity contribution in [3.05, 3.63) is 29.4 Å². The van der Waals surface area contributed by atoms with Crippen molar-refractivity contribution in [1.82, 2.24) is 4.98 Å². The Morgan fingerprint density at radius 1 is 1.52 bits per heavy atom. The molecule has 1 aliphatic heterocycles. The number of nitrogens with one attached hydrogen (secondary N) is 2. The number of ether oxygens (including phenoxy) is 1. The molecule has 1 saturated heterocycles. The van der Waals surface area contributed by atoms with Crippen molar-refractivity contribution in [2.75, 3.05) is 23.8 Å². The van der Waals surface area contributed by atoms with Gasteiger partial charge in [-0.05, 0) is 31.0 Å². The number of nitrogens with zero attached hydrogens (tertiary/aromatic N) is 1. The number of halogens is 1. The zero-order chi connectivity index (χ0) is 16.2. The summed E-state index contributed by atoms with van der Waals surface area (Å²) in [5, 5.41) is 8.36. The minimum Gasteiger partial charge on any atom is -0.376 e. The van der Waals surface area contributed by atoms with Crippen molar-refractivity contribution in [3.8, 4) is 11.3 Å². The SMILES string of the molecule is CC(=O)Nc1ccc(-c2csc(NC[C@H]3CCCO3)n2)c(F)c1. The highest BCUT2D eigenvalue weighted by atomic mass is 32.1. The normalized spacial score (nSPS) is 17.2. The lowest BCUT2D eigenvalue weighted by Gasteiger charge is -2.09. The molecule has 0 bridgehead atoms. The first kappa shape index (κ1) is 15.9. The van der Waals surface area contributed by atoms with E-state index in [2.05, 4.69) is 15.6 Å². The molecular weight excluding hydrogens is 317 g/mol. The van der Waals surface area contributed by atoms with Gasteiger partial charge in [0, 0.05) is 36.7 Å². The molecular formula is C16H18FN3O2S. The van der Waals surface area contributed by atoms with Gasteiger partial charge in [-0.25, -0.2) is 9.37 Å². The quantitative estimate of drug-likeness (QED) is 0.878. The van der Waals surface area contributed by atoms with Crippen molar-refractivity contribution in [2.45, 2.75) is 25.9 Å². The molecule has 3 rings (SSSR count). The lowest BCUT2D eigenvalue weighted by molar-refractivity contribution is -0.114. The summed E-state index contributed by atoms with van der Waals surface area (Å²) in [6.45, 7) is 2.93. The molecule has 2 aromatic rings. The van der Waals surface area contributed by atoms with Crippen LogP contribution in [-0.2, 0) is 9.53 Å². The Balaban J connectivity index is 1.68. The van der Waals surface area contributed by atoms with Gasteiger partial charge in [0.25, 0.3) is 0 Å². The number of rotatable bonds is 5. The highest BCUT2D eigenvalue weighted by Gasteiger charge is 2.16. The molecule has 0 unspecified atom stereocenters. The molecule has 1 aliphatic rings. The Kier molecular flexibility index (Phi) is 4.88. The summed E-state index contributed by atoms with van der Waals surface area (Å²) >= 11 is 1.44. The van der Waals surface area contributed by atoms with Gasteiger partial charge in [-0.3, -0.25) is 4.79 Å². The number of aromatic nitrogens is 1. The van der Waals surface area contributed by atoms with E-state index in [-0.39, 0.29) is 12.0 Å². The van der Waals surface area contributed by atoms with Crippen LogP contribution in [0, 0.1) is 5.82 Å². The van der Waals surface area contributed by atoms with Crippen LogP contribution in [0.3, 0.4) is 0 Å². The Labute approximate surface area is 137 Å². The van der Waals surface area contributed by atoms with Crippen molar-refractivity contribution in [3.63, 3.8) is 0 Å². The van der Waals surface area contributed by atoms with E-state index in [1.165, 1.54) is 24.3 Å². The molecule has 0 spiro atoms. The molecule has 1 atom stereocenters. The van der Waals surface area contributed by atoms with Crippen LogP contribution in [0.15, 0.2) is 23.6 Å². The average molecular weight is 335 g/mol. The number of carbonyl (C=O) groups excluding carboxylic acids is 1. The summed E-state index contributed by atoms with van der Waals surface area (Å²) in [6, 6.07) is 4.59. The standard InChI is InChI=1S/C16H18FN3O2S/c1-10(21)19-11-4-5-13(14(17)7-11)15-9-23-16(20-15)18-8-12-3-2-6-22-12/h4-5,7,9,12H,2-3,6,8H2,1H3,(H,18,20)(H,19,21)/t12-/m1/s1. The van der Waals surface area contributed by atoms with Gasteiger partial charge in [0.05, 0.1) is 11.8 Å². The third-order valence-electron chi connectivity index (χ3n) is 3.57. The second-order valence-corrected chi connectivity index (χ2v) is 6.29. The second kappa shape index (κ2) is 7.06. The fraction of sp³-hybridized carbons (Fsp3) is 0.375. The van der Waals surface area contributed by atoms with Gasteiger partial charge in [0.1, 0.15) is 5.82 Å². The molecule has 2 N–H and O–H groups in total. The van der Waals surface area contributed by atoms with Crippen LogP contribution in [0.4, 0.5) is 15.2 Å². The lowest BCUT2D eigenvalue weighted by atomic mass is 10.1. The Bertz CT molecular complexity index is 698. The van der Waals surface area contributed by atoms with Gasteiger partial charge in [-0.1, -0.05) is 0 Å². The molecule has 0 aliphatic carbocycles. The summed E-state index contributed by atoms with van der Waals surface area (Å²) in [7, 11) is 0. The molecule has 2 heterocycles.